The molecular formula is C14H29NO. The fourth-order valence-corrected chi connectivity index (χ4v) is 2.75. The maximum absolute atomic E-state index is 5.70. The van der Waals surface area contributed by atoms with Crippen LogP contribution >= 0.6 is 0 Å². The summed E-state index contributed by atoms with van der Waals surface area (Å²) in [6.45, 7) is 8.65. The molecule has 16 heavy (non-hydrogen) atoms. The van der Waals surface area contributed by atoms with Crippen molar-refractivity contribution in [3.63, 3.8) is 0 Å². The second-order valence-electron chi connectivity index (χ2n) is 5.83. The van der Waals surface area contributed by atoms with E-state index in [1.165, 1.54) is 25.7 Å². The summed E-state index contributed by atoms with van der Waals surface area (Å²) in [6.07, 6.45) is 5.32. The minimum Gasteiger partial charge on any atom is -0.381 e. The van der Waals surface area contributed by atoms with Crippen LogP contribution in [-0.4, -0.2) is 26.3 Å². The quantitative estimate of drug-likeness (QED) is 0.704. The Morgan fingerprint density at radius 1 is 1.31 bits per heavy atom. The van der Waals surface area contributed by atoms with Crippen LogP contribution in [0.2, 0.25) is 0 Å². The van der Waals surface area contributed by atoms with Gasteiger partial charge in [-0.25, -0.2) is 0 Å². The molecule has 2 heteroatoms. The van der Waals surface area contributed by atoms with Gasteiger partial charge < -0.3 is 10.1 Å². The van der Waals surface area contributed by atoms with Gasteiger partial charge in [0, 0.05) is 19.3 Å². The molecule has 2 nitrogen and oxygen atoms in total. The minimum absolute atomic E-state index is 0.658. The van der Waals surface area contributed by atoms with E-state index < -0.39 is 0 Å². The number of ether oxygens (including phenoxy) is 1. The molecule has 1 aliphatic rings. The van der Waals surface area contributed by atoms with Crippen molar-refractivity contribution in [2.45, 2.75) is 52.5 Å². The van der Waals surface area contributed by atoms with E-state index in [0.29, 0.717) is 5.92 Å². The highest BCUT2D eigenvalue weighted by atomic mass is 16.5. The highest BCUT2D eigenvalue weighted by molar-refractivity contribution is 4.82. The standard InChI is InChI=1S/C14H29NO/c1-11(2)10-16-8-7-13-9-12(3)5-6-14(13)15-4/h11-15H,5-10H2,1-4H3. The molecule has 96 valence electrons. The molecule has 1 saturated carbocycles. The molecule has 1 N–H and O–H groups in total. The maximum Gasteiger partial charge on any atom is 0.0488 e. The van der Waals surface area contributed by atoms with Crippen molar-refractivity contribution in [2.24, 2.45) is 17.8 Å². The molecule has 0 spiro atoms. The molecule has 1 aliphatic carbocycles. The first-order chi connectivity index (χ1) is 7.63. The van der Waals surface area contributed by atoms with Gasteiger partial charge in [0.25, 0.3) is 0 Å². The smallest absolute Gasteiger partial charge is 0.0488 e. The van der Waals surface area contributed by atoms with E-state index >= 15 is 0 Å². The molecule has 3 atom stereocenters. The summed E-state index contributed by atoms with van der Waals surface area (Å²) in [4.78, 5) is 0. The summed E-state index contributed by atoms with van der Waals surface area (Å²) >= 11 is 0. The van der Waals surface area contributed by atoms with Gasteiger partial charge in [-0.2, -0.15) is 0 Å². The highest BCUT2D eigenvalue weighted by Gasteiger charge is 2.26. The van der Waals surface area contributed by atoms with Crippen molar-refractivity contribution in [1.29, 1.82) is 0 Å². The van der Waals surface area contributed by atoms with Crippen LogP contribution in [0, 0.1) is 17.8 Å². The molecule has 1 fully saturated rings. The fraction of sp³-hybridized carbons (Fsp3) is 1.00. The summed E-state index contributed by atoms with van der Waals surface area (Å²) in [7, 11) is 2.10. The van der Waals surface area contributed by atoms with Gasteiger partial charge in [0.15, 0.2) is 0 Å². The van der Waals surface area contributed by atoms with Crippen LogP contribution in [0.5, 0.6) is 0 Å². The first kappa shape index (κ1) is 14.0. The Hall–Kier alpha value is -0.0800. The van der Waals surface area contributed by atoms with E-state index in [1.807, 2.05) is 0 Å². The van der Waals surface area contributed by atoms with Gasteiger partial charge in [0.05, 0.1) is 0 Å². The Bertz CT molecular complexity index is 182. The number of hydrogen-bond donors (Lipinski definition) is 1. The lowest BCUT2D eigenvalue weighted by Gasteiger charge is -2.34. The van der Waals surface area contributed by atoms with E-state index in [4.69, 9.17) is 4.74 Å². The molecule has 0 aromatic heterocycles. The van der Waals surface area contributed by atoms with Gasteiger partial charge in [0.1, 0.15) is 0 Å². The third-order valence-corrected chi connectivity index (χ3v) is 3.70. The van der Waals surface area contributed by atoms with Crippen LogP contribution < -0.4 is 5.32 Å². The largest absolute Gasteiger partial charge is 0.381 e. The van der Waals surface area contributed by atoms with Crippen LogP contribution in [0.15, 0.2) is 0 Å². The summed E-state index contributed by atoms with van der Waals surface area (Å²) in [6, 6.07) is 0.721. The lowest BCUT2D eigenvalue weighted by atomic mass is 9.77. The number of hydrogen-bond acceptors (Lipinski definition) is 2. The second-order valence-corrected chi connectivity index (χ2v) is 5.83. The van der Waals surface area contributed by atoms with Crippen LogP contribution in [0.25, 0.3) is 0 Å². The topological polar surface area (TPSA) is 21.3 Å². The Kier molecular flexibility index (Phi) is 6.37. The molecule has 0 heterocycles. The summed E-state index contributed by atoms with van der Waals surface area (Å²) in [5.74, 6) is 2.38. The predicted octanol–water partition coefficient (Wildman–Crippen LogP) is 3.07. The summed E-state index contributed by atoms with van der Waals surface area (Å²) in [5.41, 5.74) is 0. The van der Waals surface area contributed by atoms with Crippen molar-refractivity contribution >= 4 is 0 Å². The molecular weight excluding hydrogens is 198 g/mol. The number of rotatable bonds is 6. The average molecular weight is 227 g/mol. The molecule has 3 unspecified atom stereocenters. The third-order valence-electron chi connectivity index (χ3n) is 3.70. The van der Waals surface area contributed by atoms with Crippen LogP contribution in [0.3, 0.4) is 0 Å². The zero-order valence-electron chi connectivity index (χ0n) is 11.5. The SMILES string of the molecule is CNC1CCC(C)CC1CCOCC(C)C. The van der Waals surface area contributed by atoms with Crippen LogP contribution in [-0.2, 0) is 4.74 Å². The van der Waals surface area contributed by atoms with Crippen molar-refractivity contribution in [3.05, 3.63) is 0 Å². The summed E-state index contributed by atoms with van der Waals surface area (Å²) < 4.78 is 5.70. The highest BCUT2D eigenvalue weighted by Crippen LogP contribution is 2.31. The Balaban J connectivity index is 2.21. The Morgan fingerprint density at radius 3 is 2.69 bits per heavy atom. The lowest BCUT2D eigenvalue weighted by Crippen LogP contribution is -2.38. The van der Waals surface area contributed by atoms with E-state index in [1.54, 1.807) is 0 Å². The van der Waals surface area contributed by atoms with E-state index in [0.717, 1.165) is 31.1 Å². The fourth-order valence-electron chi connectivity index (χ4n) is 2.75. The number of nitrogens with one attached hydrogen (secondary N) is 1. The molecule has 0 aromatic carbocycles. The van der Waals surface area contributed by atoms with Gasteiger partial charge >= 0.3 is 0 Å². The third kappa shape index (κ3) is 4.84. The van der Waals surface area contributed by atoms with Crippen LogP contribution in [0.4, 0.5) is 0 Å². The van der Waals surface area contributed by atoms with Gasteiger partial charge in [-0.1, -0.05) is 20.8 Å². The molecule has 0 saturated heterocycles. The maximum atomic E-state index is 5.70. The van der Waals surface area contributed by atoms with E-state index in [2.05, 4.69) is 33.1 Å². The minimum atomic E-state index is 0.658. The van der Waals surface area contributed by atoms with Gasteiger partial charge in [-0.3, -0.25) is 0 Å². The van der Waals surface area contributed by atoms with Gasteiger partial charge in [-0.15, -0.1) is 0 Å². The van der Waals surface area contributed by atoms with Gasteiger partial charge in [0.2, 0.25) is 0 Å². The normalized spacial score (nSPS) is 30.9. The second kappa shape index (κ2) is 7.29. The van der Waals surface area contributed by atoms with Crippen molar-refractivity contribution in [3.8, 4) is 0 Å². The lowest BCUT2D eigenvalue weighted by molar-refractivity contribution is 0.0824. The Labute approximate surface area is 101 Å². The van der Waals surface area contributed by atoms with Crippen molar-refractivity contribution < 1.29 is 4.74 Å². The zero-order chi connectivity index (χ0) is 12.0. The van der Waals surface area contributed by atoms with E-state index in [-0.39, 0.29) is 0 Å². The average Bonchev–Trinajstić information content (AvgIpc) is 2.24. The summed E-state index contributed by atoms with van der Waals surface area (Å²) in [5, 5.41) is 3.47. The molecule has 0 radical (unpaired) electrons. The first-order valence-electron chi connectivity index (χ1n) is 6.88. The molecule has 0 bridgehead atoms. The molecule has 0 aliphatic heterocycles. The zero-order valence-corrected chi connectivity index (χ0v) is 11.5. The van der Waals surface area contributed by atoms with Gasteiger partial charge in [-0.05, 0) is 50.5 Å². The molecule has 0 amide bonds. The van der Waals surface area contributed by atoms with Crippen molar-refractivity contribution in [2.75, 3.05) is 20.3 Å². The first-order valence-corrected chi connectivity index (χ1v) is 6.88. The molecule has 1 rings (SSSR count). The van der Waals surface area contributed by atoms with Crippen LogP contribution in [0.1, 0.15) is 46.5 Å². The molecule has 0 aromatic rings. The Morgan fingerprint density at radius 2 is 2.06 bits per heavy atom. The predicted molar refractivity (Wildman–Crippen MR) is 69.6 cm³/mol. The van der Waals surface area contributed by atoms with Crippen molar-refractivity contribution in [1.82, 2.24) is 5.32 Å². The van der Waals surface area contributed by atoms with E-state index in [9.17, 15) is 0 Å². The monoisotopic (exact) mass is 227 g/mol.